The van der Waals surface area contributed by atoms with E-state index in [4.69, 9.17) is 10.4 Å². The number of rotatable bonds is 3. The molecule has 3 N–H and O–H groups in total. The highest BCUT2D eigenvalue weighted by molar-refractivity contribution is 4.30. The Labute approximate surface area is 62.4 Å². The molecular formula is C6H18N2O2. The SMILES string of the molecule is CCCCNO.CN(C)O. The van der Waals surface area contributed by atoms with E-state index in [-0.39, 0.29) is 0 Å². The van der Waals surface area contributed by atoms with E-state index < -0.39 is 0 Å². The van der Waals surface area contributed by atoms with E-state index in [0.717, 1.165) is 24.4 Å². The average molecular weight is 150 g/mol. The molecular weight excluding hydrogens is 132 g/mol. The predicted molar refractivity (Wildman–Crippen MR) is 40.2 cm³/mol. The first-order valence-corrected chi connectivity index (χ1v) is 3.38. The lowest BCUT2D eigenvalue weighted by Gasteiger charge is -1.89. The van der Waals surface area contributed by atoms with E-state index in [9.17, 15) is 0 Å². The van der Waals surface area contributed by atoms with E-state index in [1.165, 1.54) is 0 Å². The largest absolute Gasteiger partial charge is 0.317 e. The van der Waals surface area contributed by atoms with Crippen molar-refractivity contribution in [2.45, 2.75) is 19.8 Å². The van der Waals surface area contributed by atoms with Crippen LogP contribution in [0.25, 0.3) is 0 Å². The van der Waals surface area contributed by atoms with Crippen LogP contribution >= 0.6 is 0 Å². The lowest BCUT2D eigenvalue weighted by atomic mass is 10.3. The maximum atomic E-state index is 7.95. The van der Waals surface area contributed by atoms with Gasteiger partial charge in [-0.2, -0.15) is 5.06 Å². The summed E-state index contributed by atoms with van der Waals surface area (Å²) < 4.78 is 0. The van der Waals surface area contributed by atoms with Gasteiger partial charge in [0, 0.05) is 20.6 Å². The second kappa shape index (κ2) is 11.6. The minimum Gasteiger partial charge on any atom is -0.317 e. The molecule has 0 amide bonds. The highest BCUT2D eigenvalue weighted by Gasteiger charge is 1.74. The Bertz CT molecular complexity index is 44.3. The smallest absolute Gasteiger partial charge is 0.0207 e. The Morgan fingerprint density at radius 2 is 1.80 bits per heavy atom. The standard InChI is InChI=1S/C4H11NO.C2H7NO/c1-2-3-4-5-6;1-3(2)4/h5-6H,2-4H2,1H3;4H,1-2H3. The van der Waals surface area contributed by atoms with Crippen molar-refractivity contribution < 1.29 is 10.4 Å². The molecule has 0 aromatic heterocycles. The Hall–Kier alpha value is -0.160. The van der Waals surface area contributed by atoms with Crippen molar-refractivity contribution in [2.24, 2.45) is 0 Å². The van der Waals surface area contributed by atoms with Crippen molar-refractivity contribution in [3.8, 4) is 0 Å². The number of hydroxylamine groups is 3. The molecule has 0 fully saturated rings. The van der Waals surface area contributed by atoms with Gasteiger partial charge in [0.1, 0.15) is 0 Å². The van der Waals surface area contributed by atoms with Crippen LogP contribution in [0.5, 0.6) is 0 Å². The zero-order valence-electron chi connectivity index (χ0n) is 6.96. The van der Waals surface area contributed by atoms with Crippen molar-refractivity contribution in [3.63, 3.8) is 0 Å². The molecule has 4 heteroatoms. The summed E-state index contributed by atoms with van der Waals surface area (Å²) >= 11 is 0. The summed E-state index contributed by atoms with van der Waals surface area (Å²) in [5, 5.41) is 16.8. The van der Waals surface area contributed by atoms with Gasteiger partial charge in [-0.25, -0.2) is 5.48 Å². The summed E-state index contributed by atoms with van der Waals surface area (Å²) in [4.78, 5) is 0. The van der Waals surface area contributed by atoms with Crippen molar-refractivity contribution in [2.75, 3.05) is 20.6 Å². The quantitative estimate of drug-likeness (QED) is 0.409. The molecule has 0 heterocycles. The number of hydrogen-bond donors (Lipinski definition) is 3. The zero-order valence-corrected chi connectivity index (χ0v) is 6.96. The number of nitrogens with one attached hydrogen (secondary N) is 1. The first-order chi connectivity index (χ1) is 4.65. The predicted octanol–water partition coefficient (Wildman–Crippen LogP) is 0.703. The first-order valence-electron chi connectivity index (χ1n) is 3.38. The lowest BCUT2D eigenvalue weighted by molar-refractivity contribution is -0.0372. The molecule has 0 aliphatic carbocycles. The van der Waals surface area contributed by atoms with Crippen LogP contribution in [-0.2, 0) is 0 Å². The molecule has 0 atom stereocenters. The summed E-state index contributed by atoms with van der Waals surface area (Å²) in [5.41, 5.74) is 2.07. The van der Waals surface area contributed by atoms with E-state index in [1.54, 1.807) is 14.1 Å². The summed E-state index contributed by atoms with van der Waals surface area (Å²) in [6.07, 6.45) is 2.18. The molecule has 0 saturated carbocycles. The van der Waals surface area contributed by atoms with E-state index in [2.05, 4.69) is 12.4 Å². The summed E-state index contributed by atoms with van der Waals surface area (Å²) in [6.45, 7) is 2.80. The highest BCUT2D eigenvalue weighted by atomic mass is 16.5. The molecule has 64 valence electrons. The van der Waals surface area contributed by atoms with Crippen LogP contribution < -0.4 is 5.48 Å². The topological polar surface area (TPSA) is 55.7 Å². The van der Waals surface area contributed by atoms with E-state index >= 15 is 0 Å². The van der Waals surface area contributed by atoms with Crippen LogP contribution in [0, 0.1) is 0 Å². The van der Waals surface area contributed by atoms with Gasteiger partial charge < -0.3 is 10.4 Å². The molecule has 0 aliphatic heterocycles. The number of hydrogen-bond acceptors (Lipinski definition) is 4. The second-order valence-electron chi connectivity index (χ2n) is 2.11. The van der Waals surface area contributed by atoms with Gasteiger partial charge in [-0.3, -0.25) is 0 Å². The van der Waals surface area contributed by atoms with Crippen molar-refractivity contribution in [1.82, 2.24) is 10.5 Å². The third-order valence-electron chi connectivity index (χ3n) is 0.642. The van der Waals surface area contributed by atoms with Crippen LogP contribution in [0.1, 0.15) is 19.8 Å². The van der Waals surface area contributed by atoms with E-state index in [0.29, 0.717) is 0 Å². The zero-order chi connectivity index (χ0) is 8.41. The molecule has 0 aromatic rings. The van der Waals surface area contributed by atoms with Gasteiger partial charge in [0.2, 0.25) is 0 Å². The van der Waals surface area contributed by atoms with Crippen LogP contribution in [0.2, 0.25) is 0 Å². The van der Waals surface area contributed by atoms with E-state index in [1.807, 2.05) is 0 Å². The molecule has 0 saturated heterocycles. The molecule has 4 nitrogen and oxygen atoms in total. The van der Waals surface area contributed by atoms with Crippen LogP contribution in [0.4, 0.5) is 0 Å². The molecule has 10 heavy (non-hydrogen) atoms. The summed E-state index contributed by atoms with van der Waals surface area (Å²) in [6, 6.07) is 0. The van der Waals surface area contributed by atoms with Gasteiger partial charge in [0.05, 0.1) is 0 Å². The molecule has 0 aliphatic rings. The number of nitrogens with zero attached hydrogens (tertiary/aromatic N) is 1. The molecule has 0 spiro atoms. The minimum atomic E-state index is 0.719. The fourth-order valence-corrected chi connectivity index (χ4v) is 0.256. The normalized spacial score (nSPS) is 9.00. The summed E-state index contributed by atoms with van der Waals surface area (Å²) in [5.74, 6) is 0. The third kappa shape index (κ3) is 45.5. The lowest BCUT2D eigenvalue weighted by Crippen LogP contribution is -2.07. The van der Waals surface area contributed by atoms with Crippen molar-refractivity contribution in [1.29, 1.82) is 0 Å². The molecule has 0 aromatic carbocycles. The van der Waals surface area contributed by atoms with Gasteiger partial charge in [-0.05, 0) is 6.42 Å². The van der Waals surface area contributed by atoms with Gasteiger partial charge in [-0.15, -0.1) is 0 Å². The fraction of sp³-hybridized carbons (Fsp3) is 1.00. The Morgan fingerprint density at radius 3 is 1.90 bits per heavy atom. The van der Waals surface area contributed by atoms with Gasteiger partial charge >= 0.3 is 0 Å². The summed E-state index contributed by atoms with van der Waals surface area (Å²) in [7, 11) is 3.11. The molecule has 0 rings (SSSR count). The molecule has 0 radical (unpaired) electrons. The van der Waals surface area contributed by atoms with Crippen LogP contribution in [0.3, 0.4) is 0 Å². The van der Waals surface area contributed by atoms with Gasteiger partial charge in [0.25, 0.3) is 0 Å². The fourth-order valence-electron chi connectivity index (χ4n) is 0.256. The van der Waals surface area contributed by atoms with Gasteiger partial charge in [0.15, 0.2) is 0 Å². The van der Waals surface area contributed by atoms with Crippen LogP contribution in [0.15, 0.2) is 0 Å². The Balaban J connectivity index is 0. The first kappa shape index (κ1) is 12.5. The van der Waals surface area contributed by atoms with Crippen molar-refractivity contribution in [3.05, 3.63) is 0 Å². The maximum absolute atomic E-state index is 7.95. The Kier molecular flexibility index (Phi) is 14.5. The second-order valence-corrected chi connectivity index (χ2v) is 2.11. The number of unbranched alkanes of at least 4 members (excludes halogenated alkanes) is 1. The molecule has 0 bridgehead atoms. The third-order valence-corrected chi connectivity index (χ3v) is 0.642. The average Bonchev–Trinajstić information content (AvgIpc) is 1.82. The monoisotopic (exact) mass is 150 g/mol. The maximum Gasteiger partial charge on any atom is 0.0207 e. The minimum absolute atomic E-state index is 0.719. The van der Waals surface area contributed by atoms with Crippen molar-refractivity contribution >= 4 is 0 Å². The van der Waals surface area contributed by atoms with Crippen LogP contribution in [-0.4, -0.2) is 36.1 Å². The molecule has 0 unspecified atom stereocenters. The van der Waals surface area contributed by atoms with Gasteiger partial charge in [-0.1, -0.05) is 13.3 Å². The highest BCUT2D eigenvalue weighted by Crippen LogP contribution is 1.79. The Morgan fingerprint density at radius 1 is 1.40 bits per heavy atom.